The first kappa shape index (κ1) is 16.8. The van der Waals surface area contributed by atoms with Crippen LogP contribution in [0.2, 0.25) is 0 Å². The van der Waals surface area contributed by atoms with E-state index in [4.69, 9.17) is 10.5 Å². The second kappa shape index (κ2) is 7.64. The lowest BCUT2D eigenvalue weighted by molar-refractivity contribution is -0.117. The number of benzene rings is 2. The predicted octanol–water partition coefficient (Wildman–Crippen LogP) is 3.24. The molecule has 2 aromatic carbocycles. The zero-order valence-electron chi connectivity index (χ0n) is 12.4. The number of hydrogen-bond donors (Lipinski definition) is 3. The van der Waals surface area contributed by atoms with Crippen LogP contribution < -0.4 is 21.1 Å². The minimum Gasteiger partial charge on any atom is -0.457 e. The summed E-state index contributed by atoms with van der Waals surface area (Å²) in [5, 5.41) is 4.98. The van der Waals surface area contributed by atoms with Crippen LogP contribution in [-0.4, -0.2) is 18.0 Å². The summed E-state index contributed by atoms with van der Waals surface area (Å²) >= 11 is 3.36. The number of carbonyl (C=O) groups is 2. The number of primary amides is 1. The van der Waals surface area contributed by atoms with Gasteiger partial charge in [-0.25, -0.2) is 4.79 Å². The van der Waals surface area contributed by atoms with Gasteiger partial charge in [0.1, 0.15) is 17.5 Å². The minimum absolute atomic E-state index is 0.356. The molecule has 0 aromatic heterocycles. The van der Waals surface area contributed by atoms with Crippen LogP contribution in [0.4, 0.5) is 10.5 Å². The average molecular weight is 378 g/mol. The molecule has 6 nitrogen and oxygen atoms in total. The average Bonchev–Trinajstić information content (AvgIpc) is 2.51. The largest absolute Gasteiger partial charge is 0.457 e. The zero-order chi connectivity index (χ0) is 16.8. The van der Waals surface area contributed by atoms with Crippen molar-refractivity contribution in [3.05, 3.63) is 53.0 Å². The Morgan fingerprint density at radius 3 is 2.09 bits per heavy atom. The highest BCUT2D eigenvalue weighted by Gasteiger charge is 2.13. The van der Waals surface area contributed by atoms with E-state index in [9.17, 15) is 9.59 Å². The Kier molecular flexibility index (Phi) is 5.59. The quantitative estimate of drug-likeness (QED) is 0.746. The smallest absolute Gasteiger partial charge is 0.312 e. The summed E-state index contributed by atoms with van der Waals surface area (Å²) in [7, 11) is 0. The molecule has 4 N–H and O–H groups in total. The maximum absolute atomic E-state index is 11.8. The molecule has 3 amide bonds. The van der Waals surface area contributed by atoms with Gasteiger partial charge in [0.2, 0.25) is 5.91 Å². The molecule has 0 bridgehead atoms. The molecule has 0 heterocycles. The first-order valence-electron chi connectivity index (χ1n) is 6.84. The summed E-state index contributed by atoms with van der Waals surface area (Å²) in [6, 6.07) is 12.9. The van der Waals surface area contributed by atoms with Crippen LogP contribution in [0.3, 0.4) is 0 Å². The number of ether oxygens (including phenoxy) is 1. The van der Waals surface area contributed by atoms with Crippen LogP contribution in [0.15, 0.2) is 53.0 Å². The summed E-state index contributed by atoms with van der Waals surface area (Å²) in [6.07, 6.45) is 0. The van der Waals surface area contributed by atoms with Crippen molar-refractivity contribution in [3.63, 3.8) is 0 Å². The standard InChI is InChI=1S/C16H16BrN3O3/c1-10(19-16(18)22)15(21)20-12-4-8-14(9-5-12)23-13-6-2-11(17)3-7-13/h2-10H,1H3,(H,20,21)(H3,18,19,22)/t10-/m1/s1. The van der Waals surface area contributed by atoms with E-state index in [0.29, 0.717) is 17.2 Å². The molecule has 0 aliphatic heterocycles. The van der Waals surface area contributed by atoms with Gasteiger partial charge in [-0.15, -0.1) is 0 Å². The van der Waals surface area contributed by atoms with Gasteiger partial charge < -0.3 is 21.1 Å². The highest BCUT2D eigenvalue weighted by molar-refractivity contribution is 9.10. The van der Waals surface area contributed by atoms with Crippen molar-refractivity contribution in [1.29, 1.82) is 0 Å². The zero-order valence-corrected chi connectivity index (χ0v) is 14.0. The molecule has 0 saturated heterocycles. The summed E-state index contributed by atoms with van der Waals surface area (Å²) in [5.41, 5.74) is 5.57. The van der Waals surface area contributed by atoms with Crippen molar-refractivity contribution >= 4 is 33.6 Å². The Bertz CT molecular complexity index is 687. The van der Waals surface area contributed by atoms with Crippen molar-refractivity contribution in [2.75, 3.05) is 5.32 Å². The number of anilines is 1. The molecule has 7 heteroatoms. The van der Waals surface area contributed by atoms with Gasteiger partial charge in [-0.1, -0.05) is 15.9 Å². The maximum Gasteiger partial charge on any atom is 0.312 e. The molecule has 0 saturated carbocycles. The van der Waals surface area contributed by atoms with E-state index in [1.54, 1.807) is 31.2 Å². The van der Waals surface area contributed by atoms with E-state index in [1.807, 2.05) is 24.3 Å². The lowest BCUT2D eigenvalue weighted by Crippen LogP contribution is -2.44. The van der Waals surface area contributed by atoms with Crippen molar-refractivity contribution in [2.45, 2.75) is 13.0 Å². The maximum atomic E-state index is 11.8. The number of hydrogen-bond acceptors (Lipinski definition) is 3. The molecule has 0 fully saturated rings. The second-order valence-corrected chi connectivity index (χ2v) is 5.72. The van der Waals surface area contributed by atoms with Crippen LogP contribution >= 0.6 is 15.9 Å². The summed E-state index contributed by atoms with van der Waals surface area (Å²) in [4.78, 5) is 22.6. The summed E-state index contributed by atoms with van der Waals surface area (Å²) < 4.78 is 6.66. The predicted molar refractivity (Wildman–Crippen MR) is 91.5 cm³/mol. The highest BCUT2D eigenvalue weighted by atomic mass is 79.9. The Hall–Kier alpha value is -2.54. The first-order valence-corrected chi connectivity index (χ1v) is 7.63. The molecule has 0 spiro atoms. The molecule has 120 valence electrons. The lowest BCUT2D eigenvalue weighted by atomic mass is 10.2. The number of rotatable bonds is 5. The van der Waals surface area contributed by atoms with E-state index in [1.165, 1.54) is 0 Å². The number of nitrogens with one attached hydrogen (secondary N) is 2. The van der Waals surface area contributed by atoms with E-state index in [-0.39, 0.29) is 5.91 Å². The van der Waals surface area contributed by atoms with Crippen molar-refractivity contribution in [3.8, 4) is 11.5 Å². The molecule has 0 radical (unpaired) electrons. The third-order valence-electron chi connectivity index (χ3n) is 2.92. The van der Waals surface area contributed by atoms with Crippen LogP contribution in [0.1, 0.15) is 6.92 Å². The van der Waals surface area contributed by atoms with E-state index < -0.39 is 12.1 Å². The highest BCUT2D eigenvalue weighted by Crippen LogP contribution is 2.24. The Labute approximate surface area is 142 Å². The molecular weight excluding hydrogens is 362 g/mol. The van der Waals surface area contributed by atoms with E-state index in [0.717, 1.165) is 4.47 Å². The van der Waals surface area contributed by atoms with Gasteiger partial charge in [-0.2, -0.15) is 0 Å². The van der Waals surface area contributed by atoms with Gasteiger partial charge in [-0.3, -0.25) is 4.79 Å². The van der Waals surface area contributed by atoms with Gasteiger partial charge in [0.05, 0.1) is 0 Å². The van der Waals surface area contributed by atoms with Crippen LogP contribution in [0.25, 0.3) is 0 Å². The molecule has 2 rings (SSSR count). The number of nitrogens with two attached hydrogens (primary N) is 1. The fraction of sp³-hybridized carbons (Fsp3) is 0.125. The molecular formula is C16H16BrN3O3. The second-order valence-electron chi connectivity index (χ2n) is 4.80. The fourth-order valence-electron chi connectivity index (χ4n) is 1.77. The topological polar surface area (TPSA) is 93.5 Å². The number of amides is 3. The summed E-state index contributed by atoms with van der Waals surface area (Å²) in [6.45, 7) is 1.55. The lowest BCUT2D eigenvalue weighted by Gasteiger charge is -2.13. The molecule has 0 unspecified atom stereocenters. The SMILES string of the molecule is C[C@@H](NC(N)=O)C(=O)Nc1ccc(Oc2ccc(Br)cc2)cc1. The number of urea groups is 1. The van der Waals surface area contributed by atoms with E-state index in [2.05, 4.69) is 26.6 Å². The van der Waals surface area contributed by atoms with Crippen molar-refractivity contribution in [1.82, 2.24) is 5.32 Å². The molecule has 0 aliphatic rings. The van der Waals surface area contributed by atoms with Gasteiger partial charge in [0, 0.05) is 10.2 Å². The molecule has 2 aromatic rings. The number of halogens is 1. The van der Waals surface area contributed by atoms with Gasteiger partial charge >= 0.3 is 6.03 Å². The Morgan fingerprint density at radius 2 is 1.57 bits per heavy atom. The molecule has 23 heavy (non-hydrogen) atoms. The Morgan fingerprint density at radius 1 is 1.04 bits per heavy atom. The molecule has 1 atom stereocenters. The first-order chi connectivity index (χ1) is 10.9. The van der Waals surface area contributed by atoms with Crippen molar-refractivity contribution < 1.29 is 14.3 Å². The normalized spacial score (nSPS) is 11.4. The summed E-state index contributed by atoms with van der Waals surface area (Å²) in [5.74, 6) is 1.00. The fourth-order valence-corrected chi connectivity index (χ4v) is 2.04. The third-order valence-corrected chi connectivity index (χ3v) is 3.45. The van der Waals surface area contributed by atoms with E-state index >= 15 is 0 Å². The number of carbonyl (C=O) groups excluding carboxylic acids is 2. The van der Waals surface area contributed by atoms with Crippen LogP contribution in [-0.2, 0) is 4.79 Å². The Balaban J connectivity index is 1.95. The van der Waals surface area contributed by atoms with Gasteiger partial charge in [0.15, 0.2) is 0 Å². The monoisotopic (exact) mass is 377 g/mol. The van der Waals surface area contributed by atoms with Crippen LogP contribution in [0, 0.1) is 0 Å². The molecule has 0 aliphatic carbocycles. The minimum atomic E-state index is -0.745. The van der Waals surface area contributed by atoms with Gasteiger partial charge in [0.25, 0.3) is 0 Å². The van der Waals surface area contributed by atoms with Crippen LogP contribution in [0.5, 0.6) is 11.5 Å². The van der Waals surface area contributed by atoms with Crippen molar-refractivity contribution in [2.24, 2.45) is 5.73 Å². The third kappa shape index (κ3) is 5.30. The van der Waals surface area contributed by atoms with Gasteiger partial charge in [-0.05, 0) is 55.5 Å².